The first-order valence-electron chi connectivity index (χ1n) is 4.45. The molecule has 4 heteroatoms. The molecular formula is C8H16BrN3. The zero-order valence-electron chi connectivity index (χ0n) is 7.54. The van der Waals surface area contributed by atoms with Crippen molar-refractivity contribution < 1.29 is 0 Å². The molecule has 1 unspecified atom stereocenters. The van der Waals surface area contributed by atoms with Gasteiger partial charge in [-0.05, 0) is 24.8 Å². The summed E-state index contributed by atoms with van der Waals surface area (Å²) in [5.74, 6) is 0. The van der Waals surface area contributed by atoms with Gasteiger partial charge in [0.25, 0.3) is 0 Å². The molecule has 12 heavy (non-hydrogen) atoms. The van der Waals surface area contributed by atoms with Crippen LogP contribution in [0.25, 0.3) is 10.4 Å². The average Bonchev–Trinajstić information content (AvgIpc) is 2.10. The summed E-state index contributed by atoms with van der Waals surface area (Å²) in [4.78, 5) is 2.82. The van der Waals surface area contributed by atoms with Gasteiger partial charge >= 0.3 is 0 Å². The Kier molecular flexibility index (Phi) is 8.73. The van der Waals surface area contributed by atoms with Crippen molar-refractivity contribution in [3.63, 3.8) is 0 Å². The molecule has 0 spiro atoms. The van der Waals surface area contributed by atoms with Gasteiger partial charge in [0, 0.05) is 16.3 Å². The van der Waals surface area contributed by atoms with E-state index in [0.717, 1.165) is 18.2 Å². The van der Waals surface area contributed by atoms with E-state index in [0.29, 0.717) is 0 Å². The van der Waals surface area contributed by atoms with Gasteiger partial charge in [-0.15, -0.1) is 0 Å². The molecule has 3 nitrogen and oxygen atoms in total. The molecule has 0 saturated heterocycles. The Morgan fingerprint density at radius 3 is 2.67 bits per heavy atom. The Hall–Kier alpha value is -0.210. The van der Waals surface area contributed by atoms with Crippen molar-refractivity contribution in [3.8, 4) is 0 Å². The summed E-state index contributed by atoms with van der Waals surface area (Å²) in [5.41, 5.74) is 8.22. The van der Waals surface area contributed by atoms with Crippen molar-refractivity contribution in [1.29, 1.82) is 0 Å². The lowest BCUT2D eigenvalue weighted by molar-refractivity contribution is 0.547. The smallest absolute Gasteiger partial charge is 0.0371 e. The summed E-state index contributed by atoms with van der Waals surface area (Å²) in [5, 5.41) is 4.78. The van der Waals surface area contributed by atoms with E-state index in [2.05, 4.69) is 32.9 Å². The standard InChI is InChI=1S/C8H16BrN3/c1-2-8(11-12-10)6-4-3-5-7-9/h8H,2-7H2,1H3. The lowest BCUT2D eigenvalue weighted by Crippen LogP contribution is -2.00. The molecule has 0 aromatic heterocycles. The van der Waals surface area contributed by atoms with Gasteiger partial charge in [-0.1, -0.05) is 40.8 Å². The minimum absolute atomic E-state index is 0.213. The summed E-state index contributed by atoms with van der Waals surface area (Å²) in [6.07, 6.45) is 5.60. The SMILES string of the molecule is CCC(CCCCCBr)N=[N+]=[N-]. The molecule has 0 N–H and O–H groups in total. The average molecular weight is 234 g/mol. The predicted octanol–water partition coefficient (Wildman–Crippen LogP) is 4.03. The van der Waals surface area contributed by atoms with E-state index < -0.39 is 0 Å². The summed E-state index contributed by atoms with van der Waals surface area (Å²) in [7, 11) is 0. The third kappa shape index (κ3) is 6.50. The highest BCUT2D eigenvalue weighted by atomic mass is 79.9. The quantitative estimate of drug-likeness (QED) is 0.210. The van der Waals surface area contributed by atoms with E-state index in [1.165, 1.54) is 19.3 Å². The van der Waals surface area contributed by atoms with Gasteiger partial charge in [-0.2, -0.15) is 0 Å². The molecule has 0 aliphatic heterocycles. The highest BCUT2D eigenvalue weighted by Gasteiger charge is 2.01. The first kappa shape index (κ1) is 11.8. The molecule has 0 bridgehead atoms. The van der Waals surface area contributed by atoms with Crippen LogP contribution < -0.4 is 0 Å². The van der Waals surface area contributed by atoms with Crippen LogP contribution in [0.2, 0.25) is 0 Å². The van der Waals surface area contributed by atoms with Gasteiger partial charge in [0.1, 0.15) is 0 Å². The fourth-order valence-electron chi connectivity index (χ4n) is 1.07. The maximum atomic E-state index is 8.22. The number of rotatable bonds is 7. The van der Waals surface area contributed by atoms with Crippen LogP contribution >= 0.6 is 15.9 Å². The number of azide groups is 1. The highest BCUT2D eigenvalue weighted by Crippen LogP contribution is 2.10. The van der Waals surface area contributed by atoms with Gasteiger partial charge in [0.15, 0.2) is 0 Å². The van der Waals surface area contributed by atoms with Gasteiger partial charge in [-0.3, -0.25) is 0 Å². The number of alkyl halides is 1. The zero-order chi connectivity index (χ0) is 9.23. The maximum Gasteiger partial charge on any atom is 0.0371 e. The monoisotopic (exact) mass is 233 g/mol. The van der Waals surface area contributed by atoms with Crippen molar-refractivity contribution in [2.45, 2.75) is 45.1 Å². The van der Waals surface area contributed by atoms with Crippen molar-refractivity contribution in [2.24, 2.45) is 5.11 Å². The maximum absolute atomic E-state index is 8.22. The Morgan fingerprint density at radius 2 is 2.17 bits per heavy atom. The summed E-state index contributed by atoms with van der Waals surface area (Å²) in [6.45, 7) is 2.06. The van der Waals surface area contributed by atoms with Crippen molar-refractivity contribution in [1.82, 2.24) is 0 Å². The number of hydrogen-bond acceptors (Lipinski definition) is 1. The van der Waals surface area contributed by atoms with E-state index in [1.807, 2.05) is 0 Å². The second-order valence-electron chi connectivity index (χ2n) is 2.81. The second-order valence-corrected chi connectivity index (χ2v) is 3.60. The van der Waals surface area contributed by atoms with Crippen LogP contribution in [0.3, 0.4) is 0 Å². The van der Waals surface area contributed by atoms with E-state index >= 15 is 0 Å². The van der Waals surface area contributed by atoms with Crippen LogP contribution in [0.1, 0.15) is 39.0 Å². The molecular weight excluding hydrogens is 218 g/mol. The molecule has 0 fully saturated rings. The van der Waals surface area contributed by atoms with Crippen LogP contribution in [-0.4, -0.2) is 11.4 Å². The molecule has 0 heterocycles. The van der Waals surface area contributed by atoms with Crippen LogP contribution in [-0.2, 0) is 0 Å². The van der Waals surface area contributed by atoms with Crippen molar-refractivity contribution >= 4 is 15.9 Å². The first-order chi connectivity index (χ1) is 5.85. The van der Waals surface area contributed by atoms with E-state index in [-0.39, 0.29) is 6.04 Å². The first-order valence-corrected chi connectivity index (χ1v) is 5.57. The Bertz CT molecular complexity index is 143. The van der Waals surface area contributed by atoms with Crippen molar-refractivity contribution in [3.05, 3.63) is 10.4 Å². The lowest BCUT2D eigenvalue weighted by Gasteiger charge is -2.06. The van der Waals surface area contributed by atoms with Crippen LogP contribution in [0.4, 0.5) is 0 Å². The molecule has 0 aliphatic carbocycles. The molecule has 0 radical (unpaired) electrons. The Labute approximate surface area is 82.3 Å². The summed E-state index contributed by atoms with van der Waals surface area (Å²) in [6, 6.07) is 0.213. The van der Waals surface area contributed by atoms with E-state index in [4.69, 9.17) is 5.53 Å². The topological polar surface area (TPSA) is 48.8 Å². The normalized spacial score (nSPS) is 12.2. The minimum Gasteiger partial charge on any atom is -0.0928 e. The molecule has 0 rings (SSSR count). The Balaban J connectivity index is 3.38. The van der Waals surface area contributed by atoms with Gasteiger partial charge in [0.05, 0.1) is 0 Å². The van der Waals surface area contributed by atoms with Gasteiger partial charge in [-0.25, -0.2) is 0 Å². The van der Waals surface area contributed by atoms with E-state index in [1.54, 1.807) is 0 Å². The molecule has 0 aromatic rings. The second kappa shape index (κ2) is 8.88. The minimum atomic E-state index is 0.213. The third-order valence-electron chi connectivity index (χ3n) is 1.86. The molecule has 0 aromatic carbocycles. The molecule has 0 amide bonds. The fourth-order valence-corrected chi connectivity index (χ4v) is 1.46. The number of nitrogens with zero attached hydrogens (tertiary/aromatic N) is 3. The molecule has 0 aliphatic rings. The highest BCUT2D eigenvalue weighted by molar-refractivity contribution is 9.09. The summed E-state index contributed by atoms with van der Waals surface area (Å²) >= 11 is 3.38. The predicted molar refractivity (Wildman–Crippen MR) is 55.5 cm³/mol. The fraction of sp³-hybridized carbons (Fsp3) is 1.00. The zero-order valence-corrected chi connectivity index (χ0v) is 9.13. The number of hydrogen-bond donors (Lipinski definition) is 0. The van der Waals surface area contributed by atoms with Gasteiger partial charge in [0.2, 0.25) is 0 Å². The van der Waals surface area contributed by atoms with Crippen molar-refractivity contribution in [2.75, 3.05) is 5.33 Å². The summed E-state index contributed by atoms with van der Waals surface area (Å²) < 4.78 is 0. The van der Waals surface area contributed by atoms with Crippen LogP contribution in [0.15, 0.2) is 5.11 Å². The number of halogens is 1. The third-order valence-corrected chi connectivity index (χ3v) is 2.42. The molecule has 1 atom stereocenters. The number of unbranched alkanes of at least 4 members (excludes halogenated alkanes) is 2. The largest absolute Gasteiger partial charge is 0.0928 e. The van der Waals surface area contributed by atoms with Crippen LogP contribution in [0.5, 0.6) is 0 Å². The van der Waals surface area contributed by atoms with Gasteiger partial charge < -0.3 is 0 Å². The van der Waals surface area contributed by atoms with Crippen LogP contribution in [0, 0.1) is 0 Å². The lowest BCUT2D eigenvalue weighted by atomic mass is 10.1. The molecule has 70 valence electrons. The Morgan fingerprint density at radius 1 is 1.42 bits per heavy atom. The molecule has 0 saturated carbocycles. The van der Waals surface area contributed by atoms with E-state index in [9.17, 15) is 0 Å².